The van der Waals surface area contributed by atoms with Crippen molar-refractivity contribution < 1.29 is 4.79 Å². The van der Waals surface area contributed by atoms with Crippen LogP contribution in [0.3, 0.4) is 0 Å². The Labute approximate surface area is 194 Å². The van der Waals surface area contributed by atoms with E-state index >= 15 is 0 Å². The summed E-state index contributed by atoms with van der Waals surface area (Å²) in [6.45, 7) is 8.80. The number of rotatable bonds is 5. The zero-order valence-electron chi connectivity index (χ0n) is 19.4. The van der Waals surface area contributed by atoms with E-state index < -0.39 is 0 Å². The van der Waals surface area contributed by atoms with Crippen molar-refractivity contribution in [1.29, 1.82) is 0 Å². The zero-order valence-corrected chi connectivity index (χ0v) is 20.2. The van der Waals surface area contributed by atoms with Crippen molar-refractivity contribution in [2.75, 3.05) is 18.0 Å². The molecule has 1 saturated heterocycles. The molecule has 6 nitrogen and oxygen atoms in total. The number of benzene rings is 1. The molecule has 170 valence electrons. The van der Waals surface area contributed by atoms with Gasteiger partial charge in [0.15, 0.2) is 0 Å². The Morgan fingerprint density at radius 3 is 2.47 bits per heavy atom. The number of anilines is 1. The third-order valence-corrected chi connectivity index (χ3v) is 8.00. The summed E-state index contributed by atoms with van der Waals surface area (Å²) >= 11 is 1.69. The Kier molecular flexibility index (Phi) is 5.93. The van der Waals surface area contributed by atoms with Crippen LogP contribution in [0.25, 0.3) is 11.0 Å². The van der Waals surface area contributed by atoms with Gasteiger partial charge in [0.05, 0.1) is 28.3 Å². The molecule has 2 aliphatic rings. The molecule has 2 aromatic heterocycles. The highest BCUT2D eigenvalue weighted by Gasteiger charge is 2.29. The summed E-state index contributed by atoms with van der Waals surface area (Å²) < 4.78 is 2.31. The zero-order chi connectivity index (χ0) is 22.2. The van der Waals surface area contributed by atoms with Crippen LogP contribution in [0, 0.1) is 26.7 Å². The lowest BCUT2D eigenvalue weighted by atomic mass is 9.95. The van der Waals surface area contributed by atoms with Gasteiger partial charge < -0.3 is 14.8 Å². The van der Waals surface area contributed by atoms with E-state index in [2.05, 4.69) is 53.1 Å². The van der Waals surface area contributed by atoms with E-state index in [9.17, 15) is 4.79 Å². The fourth-order valence-electron chi connectivity index (χ4n) is 5.14. The molecule has 1 N–H and O–H groups in total. The van der Waals surface area contributed by atoms with Crippen LogP contribution in [0.5, 0.6) is 0 Å². The molecule has 32 heavy (non-hydrogen) atoms. The molecule has 0 unspecified atom stereocenters. The number of carbonyl (C=O) groups excluding carboxylic acids is 1. The number of imidazole rings is 1. The highest BCUT2D eigenvalue weighted by atomic mass is 32.1. The van der Waals surface area contributed by atoms with Crippen LogP contribution in [-0.4, -0.2) is 39.6 Å². The summed E-state index contributed by atoms with van der Waals surface area (Å²) in [6, 6.07) is 4.85. The van der Waals surface area contributed by atoms with Gasteiger partial charge in [-0.25, -0.2) is 9.97 Å². The average molecular weight is 452 g/mol. The number of hydrogen-bond acceptors (Lipinski definition) is 5. The Bertz CT molecular complexity index is 1120. The predicted octanol–water partition coefficient (Wildman–Crippen LogP) is 4.74. The summed E-state index contributed by atoms with van der Waals surface area (Å²) in [6.07, 6.45) is 6.55. The summed E-state index contributed by atoms with van der Waals surface area (Å²) in [7, 11) is 0. The van der Waals surface area contributed by atoms with Crippen LogP contribution in [0.4, 0.5) is 5.95 Å². The molecular weight excluding hydrogens is 418 g/mol. The highest BCUT2D eigenvalue weighted by Crippen LogP contribution is 2.30. The summed E-state index contributed by atoms with van der Waals surface area (Å²) in [4.78, 5) is 24.9. The Hall–Kier alpha value is -2.41. The van der Waals surface area contributed by atoms with Crippen molar-refractivity contribution in [3.8, 4) is 0 Å². The van der Waals surface area contributed by atoms with E-state index in [1.165, 1.54) is 24.0 Å². The monoisotopic (exact) mass is 451 g/mol. The Morgan fingerprint density at radius 1 is 1.06 bits per heavy atom. The second-order valence-electron chi connectivity index (χ2n) is 9.53. The molecule has 0 spiro atoms. The number of fused-ring (bicyclic) bond motifs is 1. The van der Waals surface area contributed by atoms with Gasteiger partial charge >= 0.3 is 0 Å². The standard InChI is InChI=1S/C25H33N5OS/c1-16-12-22-23(13-17(16)2)30(14-21-15-32-18(3)26-21)25(28-22)29-10-8-19(9-11-29)24(31)27-20-6-4-5-7-20/h12-13,15,19-20H,4-11,14H2,1-3H3,(H,27,31). The van der Waals surface area contributed by atoms with E-state index in [0.29, 0.717) is 6.04 Å². The fourth-order valence-corrected chi connectivity index (χ4v) is 5.74. The molecule has 3 aromatic rings. The molecule has 1 aliphatic carbocycles. The van der Waals surface area contributed by atoms with Crippen LogP contribution in [0.2, 0.25) is 0 Å². The lowest BCUT2D eigenvalue weighted by molar-refractivity contribution is -0.126. The minimum Gasteiger partial charge on any atom is -0.353 e. The number of aromatic nitrogens is 3. The predicted molar refractivity (Wildman–Crippen MR) is 130 cm³/mol. The number of piperidine rings is 1. The maximum Gasteiger partial charge on any atom is 0.223 e. The van der Waals surface area contributed by atoms with Gasteiger partial charge in [0.25, 0.3) is 0 Å². The lowest BCUT2D eigenvalue weighted by Crippen LogP contribution is -2.43. The van der Waals surface area contributed by atoms with E-state index in [1.54, 1.807) is 11.3 Å². The van der Waals surface area contributed by atoms with Crippen molar-refractivity contribution in [1.82, 2.24) is 19.9 Å². The van der Waals surface area contributed by atoms with Crippen molar-refractivity contribution in [2.45, 2.75) is 71.9 Å². The van der Waals surface area contributed by atoms with Gasteiger partial charge in [-0.2, -0.15) is 0 Å². The number of thiazole rings is 1. The molecule has 1 aliphatic heterocycles. The van der Waals surface area contributed by atoms with Gasteiger partial charge in [0.1, 0.15) is 0 Å². The van der Waals surface area contributed by atoms with Gasteiger partial charge in [-0.15, -0.1) is 11.3 Å². The van der Waals surface area contributed by atoms with Crippen molar-refractivity contribution >= 4 is 34.2 Å². The minimum absolute atomic E-state index is 0.121. The lowest BCUT2D eigenvalue weighted by Gasteiger charge is -2.33. The highest BCUT2D eigenvalue weighted by molar-refractivity contribution is 7.09. The molecule has 1 saturated carbocycles. The third kappa shape index (κ3) is 4.27. The van der Waals surface area contributed by atoms with E-state index in [0.717, 1.165) is 73.0 Å². The van der Waals surface area contributed by atoms with Crippen molar-refractivity contribution in [2.24, 2.45) is 5.92 Å². The van der Waals surface area contributed by atoms with Gasteiger partial charge in [-0.3, -0.25) is 4.79 Å². The van der Waals surface area contributed by atoms with Crippen LogP contribution in [0.1, 0.15) is 60.4 Å². The quantitative estimate of drug-likeness (QED) is 0.609. The van der Waals surface area contributed by atoms with Crippen molar-refractivity contribution in [3.05, 3.63) is 39.3 Å². The van der Waals surface area contributed by atoms with E-state index in [4.69, 9.17) is 9.97 Å². The first-order chi connectivity index (χ1) is 15.5. The van der Waals surface area contributed by atoms with E-state index in [1.807, 2.05) is 0 Å². The summed E-state index contributed by atoms with van der Waals surface area (Å²) in [5.74, 6) is 1.38. The second-order valence-corrected chi connectivity index (χ2v) is 10.6. The molecule has 1 aromatic carbocycles. The molecule has 0 atom stereocenters. The van der Waals surface area contributed by atoms with E-state index in [-0.39, 0.29) is 11.8 Å². The van der Waals surface area contributed by atoms with Gasteiger partial charge in [-0.1, -0.05) is 12.8 Å². The smallest absolute Gasteiger partial charge is 0.223 e. The van der Waals surface area contributed by atoms with Crippen molar-refractivity contribution in [3.63, 3.8) is 0 Å². The fraction of sp³-hybridized carbons (Fsp3) is 0.560. The van der Waals surface area contributed by atoms with Crippen LogP contribution in [0.15, 0.2) is 17.5 Å². The average Bonchev–Trinajstić information content (AvgIpc) is 3.51. The normalized spacial score (nSPS) is 18.0. The largest absolute Gasteiger partial charge is 0.353 e. The number of nitrogens with one attached hydrogen (secondary N) is 1. The maximum atomic E-state index is 12.8. The molecular formula is C25H33N5OS. The second kappa shape index (κ2) is 8.85. The third-order valence-electron chi connectivity index (χ3n) is 7.18. The topological polar surface area (TPSA) is 63.1 Å². The Balaban J connectivity index is 1.37. The minimum atomic E-state index is 0.121. The number of amides is 1. The molecule has 7 heteroatoms. The first-order valence-corrected chi connectivity index (χ1v) is 12.8. The molecule has 1 amide bonds. The number of carbonyl (C=O) groups is 1. The molecule has 0 radical (unpaired) electrons. The van der Waals surface area contributed by atoms with Gasteiger partial charge in [0.2, 0.25) is 11.9 Å². The maximum absolute atomic E-state index is 12.8. The number of aryl methyl sites for hydroxylation is 3. The van der Waals surface area contributed by atoms with Crippen LogP contribution >= 0.6 is 11.3 Å². The first-order valence-electron chi connectivity index (χ1n) is 11.9. The molecule has 0 bridgehead atoms. The van der Waals surface area contributed by atoms with Gasteiger partial charge in [0, 0.05) is 30.4 Å². The molecule has 2 fully saturated rings. The first kappa shape index (κ1) is 21.4. The molecule has 5 rings (SSSR count). The SMILES string of the molecule is Cc1nc(Cn2c(N3CCC(C(=O)NC4CCCC4)CC3)nc3cc(C)c(C)cc32)cs1. The number of hydrogen-bond donors (Lipinski definition) is 1. The van der Waals surface area contributed by atoms with Crippen LogP contribution < -0.4 is 10.2 Å². The van der Waals surface area contributed by atoms with Crippen LogP contribution in [-0.2, 0) is 11.3 Å². The summed E-state index contributed by atoms with van der Waals surface area (Å²) in [5.41, 5.74) is 5.82. The van der Waals surface area contributed by atoms with Gasteiger partial charge in [-0.05, 0) is 69.7 Å². The summed E-state index contributed by atoms with van der Waals surface area (Å²) in [5, 5.41) is 6.53. The Morgan fingerprint density at radius 2 is 1.78 bits per heavy atom. The molecule has 3 heterocycles. The number of nitrogens with zero attached hydrogens (tertiary/aromatic N) is 4.